The summed E-state index contributed by atoms with van der Waals surface area (Å²) in [5, 5.41) is 10.3. The molecule has 0 bridgehead atoms. The fourth-order valence-electron chi connectivity index (χ4n) is 1.30. The van der Waals surface area contributed by atoms with Crippen molar-refractivity contribution in [2.75, 3.05) is 5.75 Å². The standard InChI is InChI=1S/C12H16ClN3S/c1-12(15,9-14)6-2-3-8-17-11-10(13)5-4-7-16-11/h4-5,7H,2-3,6,8,15H2,1H3. The van der Waals surface area contributed by atoms with E-state index in [4.69, 9.17) is 22.6 Å². The highest BCUT2D eigenvalue weighted by molar-refractivity contribution is 7.99. The number of rotatable bonds is 6. The fourth-order valence-corrected chi connectivity index (χ4v) is 2.46. The molecule has 0 fully saturated rings. The summed E-state index contributed by atoms with van der Waals surface area (Å²) >= 11 is 7.62. The van der Waals surface area contributed by atoms with Gasteiger partial charge in [0.15, 0.2) is 0 Å². The Bertz CT molecular complexity index is 401. The van der Waals surface area contributed by atoms with Crippen molar-refractivity contribution in [2.24, 2.45) is 5.73 Å². The first-order chi connectivity index (χ1) is 8.05. The van der Waals surface area contributed by atoms with Crippen molar-refractivity contribution in [1.29, 1.82) is 5.26 Å². The van der Waals surface area contributed by atoms with E-state index in [1.54, 1.807) is 24.9 Å². The van der Waals surface area contributed by atoms with Crippen molar-refractivity contribution in [3.8, 4) is 6.07 Å². The molecule has 1 aromatic rings. The Labute approximate surface area is 111 Å². The van der Waals surface area contributed by atoms with E-state index in [1.807, 2.05) is 12.1 Å². The van der Waals surface area contributed by atoms with Crippen LogP contribution in [0.25, 0.3) is 0 Å². The zero-order valence-corrected chi connectivity index (χ0v) is 11.4. The van der Waals surface area contributed by atoms with Gasteiger partial charge in [-0.25, -0.2) is 4.98 Å². The molecule has 0 saturated carbocycles. The molecule has 1 heterocycles. The predicted octanol–water partition coefficient (Wildman–Crippen LogP) is 3.24. The lowest BCUT2D eigenvalue weighted by Gasteiger charge is -2.14. The molecule has 2 N–H and O–H groups in total. The van der Waals surface area contributed by atoms with Crippen molar-refractivity contribution in [3.63, 3.8) is 0 Å². The third-order valence-corrected chi connectivity index (χ3v) is 3.82. The van der Waals surface area contributed by atoms with Gasteiger partial charge < -0.3 is 5.73 Å². The summed E-state index contributed by atoms with van der Waals surface area (Å²) < 4.78 is 0. The molecule has 3 nitrogen and oxygen atoms in total. The van der Waals surface area contributed by atoms with Crippen LogP contribution in [0.15, 0.2) is 23.4 Å². The van der Waals surface area contributed by atoms with Crippen molar-refractivity contribution in [1.82, 2.24) is 4.98 Å². The monoisotopic (exact) mass is 269 g/mol. The van der Waals surface area contributed by atoms with E-state index in [9.17, 15) is 0 Å². The van der Waals surface area contributed by atoms with E-state index in [1.165, 1.54) is 0 Å². The Morgan fingerprint density at radius 2 is 2.35 bits per heavy atom. The van der Waals surface area contributed by atoms with Gasteiger partial charge in [0, 0.05) is 6.20 Å². The molecule has 92 valence electrons. The minimum Gasteiger partial charge on any atom is -0.314 e. The second-order valence-corrected chi connectivity index (χ2v) is 5.62. The van der Waals surface area contributed by atoms with E-state index in [-0.39, 0.29) is 0 Å². The molecule has 0 saturated heterocycles. The number of thioether (sulfide) groups is 1. The molecule has 0 aromatic carbocycles. The Morgan fingerprint density at radius 1 is 1.59 bits per heavy atom. The van der Waals surface area contributed by atoms with Gasteiger partial charge in [0.2, 0.25) is 0 Å². The third kappa shape index (κ3) is 5.40. The number of nitrogens with two attached hydrogens (primary N) is 1. The third-order valence-electron chi connectivity index (χ3n) is 2.31. The van der Waals surface area contributed by atoms with E-state index in [0.29, 0.717) is 5.02 Å². The minimum absolute atomic E-state index is 0.693. The number of hydrogen-bond acceptors (Lipinski definition) is 4. The molecule has 0 radical (unpaired) electrons. The summed E-state index contributed by atoms with van der Waals surface area (Å²) in [4.78, 5) is 4.19. The Morgan fingerprint density at radius 3 is 3.00 bits per heavy atom. The van der Waals surface area contributed by atoms with Crippen LogP contribution >= 0.6 is 23.4 Å². The molecular formula is C12H16ClN3S. The quantitative estimate of drug-likeness (QED) is 0.636. The highest BCUT2D eigenvalue weighted by Gasteiger charge is 2.15. The van der Waals surface area contributed by atoms with Crippen molar-refractivity contribution in [2.45, 2.75) is 36.8 Å². The maximum absolute atomic E-state index is 8.76. The Balaban J connectivity index is 2.22. The van der Waals surface area contributed by atoms with Gasteiger partial charge in [-0.2, -0.15) is 5.26 Å². The zero-order chi connectivity index (χ0) is 12.7. The smallest absolute Gasteiger partial charge is 0.115 e. The molecule has 1 atom stereocenters. The molecule has 0 spiro atoms. The van der Waals surface area contributed by atoms with Gasteiger partial charge in [0.25, 0.3) is 0 Å². The first kappa shape index (κ1) is 14.3. The van der Waals surface area contributed by atoms with Crippen LogP contribution in [-0.4, -0.2) is 16.3 Å². The number of nitrogens with zero attached hydrogens (tertiary/aromatic N) is 2. The number of nitriles is 1. The topological polar surface area (TPSA) is 62.7 Å². The van der Waals surface area contributed by atoms with Crippen LogP contribution in [0, 0.1) is 11.3 Å². The number of pyridine rings is 1. The summed E-state index contributed by atoms with van der Waals surface area (Å²) in [6, 6.07) is 5.75. The van der Waals surface area contributed by atoms with Gasteiger partial charge in [-0.3, -0.25) is 0 Å². The molecule has 1 rings (SSSR count). The number of hydrogen-bond donors (Lipinski definition) is 1. The van der Waals surface area contributed by atoms with Crippen LogP contribution in [0.2, 0.25) is 5.02 Å². The molecular weight excluding hydrogens is 254 g/mol. The summed E-state index contributed by atoms with van der Waals surface area (Å²) in [5.41, 5.74) is 5.03. The average Bonchev–Trinajstić information content (AvgIpc) is 2.31. The molecule has 1 aromatic heterocycles. The van der Waals surface area contributed by atoms with Crippen LogP contribution in [0.5, 0.6) is 0 Å². The summed E-state index contributed by atoms with van der Waals surface area (Å²) in [6.07, 6.45) is 4.41. The second kappa shape index (κ2) is 6.85. The van der Waals surface area contributed by atoms with Crippen LogP contribution in [-0.2, 0) is 0 Å². The number of unbranched alkanes of at least 4 members (excludes halogenated alkanes) is 1. The van der Waals surface area contributed by atoms with Gasteiger partial charge in [-0.1, -0.05) is 11.6 Å². The van der Waals surface area contributed by atoms with E-state index >= 15 is 0 Å². The van der Waals surface area contributed by atoms with Crippen molar-refractivity contribution in [3.05, 3.63) is 23.4 Å². The lowest BCUT2D eigenvalue weighted by Crippen LogP contribution is -2.33. The lowest BCUT2D eigenvalue weighted by molar-refractivity contribution is 0.519. The molecule has 1 unspecified atom stereocenters. The molecule has 5 heteroatoms. The first-order valence-electron chi connectivity index (χ1n) is 5.48. The molecule has 17 heavy (non-hydrogen) atoms. The van der Waals surface area contributed by atoms with Gasteiger partial charge in [-0.15, -0.1) is 11.8 Å². The number of halogens is 1. The molecule has 0 amide bonds. The maximum Gasteiger partial charge on any atom is 0.115 e. The maximum atomic E-state index is 8.76. The van der Waals surface area contributed by atoms with Gasteiger partial charge >= 0.3 is 0 Å². The van der Waals surface area contributed by atoms with Gasteiger partial charge in [-0.05, 0) is 44.1 Å². The largest absolute Gasteiger partial charge is 0.314 e. The highest BCUT2D eigenvalue weighted by atomic mass is 35.5. The molecule has 0 aliphatic carbocycles. The summed E-state index contributed by atoms with van der Waals surface area (Å²) in [6.45, 7) is 1.76. The van der Waals surface area contributed by atoms with E-state index in [0.717, 1.165) is 30.0 Å². The van der Waals surface area contributed by atoms with Crippen molar-refractivity contribution >= 4 is 23.4 Å². The Hall–Kier alpha value is -0.760. The summed E-state index contributed by atoms with van der Waals surface area (Å²) in [5.74, 6) is 0.943. The first-order valence-corrected chi connectivity index (χ1v) is 6.85. The van der Waals surface area contributed by atoms with Crippen LogP contribution in [0.3, 0.4) is 0 Å². The molecule has 0 aliphatic heterocycles. The van der Waals surface area contributed by atoms with Gasteiger partial charge in [0.1, 0.15) is 10.6 Å². The van der Waals surface area contributed by atoms with Crippen molar-refractivity contribution < 1.29 is 0 Å². The van der Waals surface area contributed by atoms with Crippen LogP contribution in [0.4, 0.5) is 0 Å². The van der Waals surface area contributed by atoms with E-state index < -0.39 is 5.54 Å². The zero-order valence-electron chi connectivity index (χ0n) is 9.82. The second-order valence-electron chi connectivity index (χ2n) is 4.13. The average molecular weight is 270 g/mol. The van der Waals surface area contributed by atoms with Gasteiger partial charge in [0.05, 0.1) is 11.1 Å². The SMILES string of the molecule is CC(N)(C#N)CCCCSc1ncccc1Cl. The predicted molar refractivity (Wildman–Crippen MR) is 72.0 cm³/mol. The van der Waals surface area contributed by atoms with Crippen LogP contribution in [0.1, 0.15) is 26.2 Å². The van der Waals surface area contributed by atoms with E-state index in [2.05, 4.69) is 11.1 Å². The normalized spacial score (nSPS) is 14.0. The minimum atomic E-state index is -0.701. The highest BCUT2D eigenvalue weighted by Crippen LogP contribution is 2.25. The molecule has 0 aliphatic rings. The Kier molecular flexibility index (Phi) is 5.76. The van der Waals surface area contributed by atoms with Crippen LogP contribution < -0.4 is 5.73 Å². The number of aromatic nitrogens is 1. The lowest BCUT2D eigenvalue weighted by atomic mass is 9.99. The fraction of sp³-hybridized carbons (Fsp3) is 0.500. The summed E-state index contributed by atoms with van der Waals surface area (Å²) in [7, 11) is 0.